The number of nitrogens with zero attached hydrogens (tertiary/aromatic N) is 1. The van der Waals surface area contributed by atoms with Crippen LogP contribution in [0, 0.1) is 6.92 Å². The van der Waals surface area contributed by atoms with Crippen molar-refractivity contribution in [1.29, 1.82) is 0 Å². The summed E-state index contributed by atoms with van der Waals surface area (Å²) >= 11 is 0. The molecule has 1 fully saturated rings. The SMILES string of the molecule is Cc1ccn(CC2CCCCN2)c(=O)c1. The molecule has 82 valence electrons. The standard InChI is InChI=1S/C12H18N2O/c1-10-5-7-14(12(15)8-10)9-11-4-2-3-6-13-11/h5,7-8,11,13H,2-4,6,9H2,1H3. The van der Waals surface area contributed by atoms with E-state index in [0.717, 1.165) is 18.7 Å². The first-order valence-electron chi connectivity index (χ1n) is 5.66. The Morgan fingerprint density at radius 3 is 3.07 bits per heavy atom. The first-order valence-corrected chi connectivity index (χ1v) is 5.66. The van der Waals surface area contributed by atoms with Crippen LogP contribution < -0.4 is 10.9 Å². The van der Waals surface area contributed by atoms with Crippen molar-refractivity contribution in [2.24, 2.45) is 0 Å². The van der Waals surface area contributed by atoms with Gasteiger partial charge in [-0.15, -0.1) is 0 Å². The maximum Gasteiger partial charge on any atom is 0.250 e. The summed E-state index contributed by atoms with van der Waals surface area (Å²) in [5.41, 5.74) is 1.15. The number of piperidine rings is 1. The first-order chi connectivity index (χ1) is 7.25. The molecule has 1 aromatic rings. The van der Waals surface area contributed by atoms with E-state index >= 15 is 0 Å². The van der Waals surface area contributed by atoms with Crippen LogP contribution in [-0.2, 0) is 6.54 Å². The van der Waals surface area contributed by atoms with E-state index in [1.165, 1.54) is 19.3 Å². The lowest BCUT2D eigenvalue weighted by Gasteiger charge is -2.24. The van der Waals surface area contributed by atoms with Crippen LogP contribution in [-0.4, -0.2) is 17.2 Å². The highest BCUT2D eigenvalue weighted by Crippen LogP contribution is 2.08. The molecule has 2 heterocycles. The Labute approximate surface area is 90.1 Å². The highest BCUT2D eigenvalue weighted by atomic mass is 16.1. The molecule has 2 rings (SSSR count). The minimum Gasteiger partial charge on any atom is -0.314 e. The molecule has 1 unspecified atom stereocenters. The molecule has 0 bridgehead atoms. The maximum absolute atomic E-state index is 11.6. The Kier molecular flexibility index (Phi) is 3.21. The van der Waals surface area contributed by atoms with Crippen molar-refractivity contribution in [3.8, 4) is 0 Å². The third-order valence-electron chi connectivity index (χ3n) is 2.98. The molecule has 1 aliphatic heterocycles. The number of aromatic nitrogens is 1. The summed E-state index contributed by atoms with van der Waals surface area (Å²) in [5, 5.41) is 3.45. The van der Waals surface area contributed by atoms with Gasteiger partial charge in [0.1, 0.15) is 0 Å². The van der Waals surface area contributed by atoms with Crippen LogP contribution >= 0.6 is 0 Å². The summed E-state index contributed by atoms with van der Waals surface area (Å²) in [6.07, 6.45) is 5.62. The topological polar surface area (TPSA) is 34.0 Å². The Morgan fingerprint density at radius 1 is 1.53 bits per heavy atom. The molecule has 0 amide bonds. The normalized spacial score (nSPS) is 21.5. The minimum atomic E-state index is 0.113. The van der Waals surface area contributed by atoms with Gasteiger partial charge in [0.2, 0.25) is 0 Å². The van der Waals surface area contributed by atoms with Gasteiger partial charge in [-0.25, -0.2) is 0 Å². The van der Waals surface area contributed by atoms with Crippen LogP contribution in [0.3, 0.4) is 0 Å². The third kappa shape index (κ3) is 2.69. The molecule has 1 atom stereocenters. The summed E-state index contributed by atoms with van der Waals surface area (Å²) in [6.45, 7) is 3.84. The monoisotopic (exact) mass is 206 g/mol. The van der Waals surface area contributed by atoms with Gasteiger partial charge >= 0.3 is 0 Å². The largest absolute Gasteiger partial charge is 0.314 e. The van der Waals surface area contributed by atoms with Crippen molar-refractivity contribution in [3.05, 3.63) is 34.2 Å². The second-order valence-electron chi connectivity index (χ2n) is 4.34. The van der Waals surface area contributed by atoms with Gasteiger partial charge in [-0.05, 0) is 37.9 Å². The van der Waals surface area contributed by atoms with Gasteiger partial charge in [-0.1, -0.05) is 6.42 Å². The van der Waals surface area contributed by atoms with E-state index in [0.29, 0.717) is 6.04 Å². The van der Waals surface area contributed by atoms with Gasteiger partial charge in [0, 0.05) is 24.8 Å². The first kappa shape index (κ1) is 10.4. The van der Waals surface area contributed by atoms with E-state index in [-0.39, 0.29) is 5.56 Å². The molecule has 1 N–H and O–H groups in total. The van der Waals surface area contributed by atoms with Gasteiger partial charge in [-0.3, -0.25) is 4.79 Å². The lowest BCUT2D eigenvalue weighted by molar-refractivity contribution is 0.359. The van der Waals surface area contributed by atoms with Crippen LogP contribution in [0.25, 0.3) is 0 Å². The Bertz CT molecular complexity index is 377. The summed E-state index contributed by atoms with van der Waals surface area (Å²) in [5.74, 6) is 0. The number of aryl methyl sites for hydroxylation is 1. The molecule has 0 radical (unpaired) electrons. The molecule has 1 aliphatic rings. The highest BCUT2D eigenvalue weighted by Gasteiger charge is 2.12. The van der Waals surface area contributed by atoms with Crippen molar-refractivity contribution in [3.63, 3.8) is 0 Å². The van der Waals surface area contributed by atoms with Crippen molar-refractivity contribution >= 4 is 0 Å². The van der Waals surface area contributed by atoms with Gasteiger partial charge < -0.3 is 9.88 Å². The maximum atomic E-state index is 11.6. The van der Waals surface area contributed by atoms with Crippen LogP contribution in [0.5, 0.6) is 0 Å². The van der Waals surface area contributed by atoms with Gasteiger partial charge in [-0.2, -0.15) is 0 Å². The molecule has 15 heavy (non-hydrogen) atoms. The molecule has 0 aromatic carbocycles. The zero-order chi connectivity index (χ0) is 10.7. The zero-order valence-corrected chi connectivity index (χ0v) is 9.20. The van der Waals surface area contributed by atoms with Crippen molar-refractivity contribution in [1.82, 2.24) is 9.88 Å². The van der Waals surface area contributed by atoms with E-state index in [9.17, 15) is 4.79 Å². The van der Waals surface area contributed by atoms with Crippen LogP contribution in [0.1, 0.15) is 24.8 Å². The van der Waals surface area contributed by atoms with Gasteiger partial charge in [0.15, 0.2) is 0 Å². The smallest absolute Gasteiger partial charge is 0.250 e. The molecule has 0 spiro atoms. The number of hydrogen-bond donors (Lipinski definition) is 1. The average molecular weight is 206 g/mol. The number of hydrogen-bond acceptors (Lipinski definition) is 2. The summed E-state index contributed by atoms with van der Waals surface area (Å²) in [4.78, 5) is 11.6. The molecule has 0 aliphatic carbocycles. The molecule has 1 aromatic heterocycles. The zero-order valence-electron chi connectivity index (χ0n) is 9.20. The Balaban J connectivity index is 2.06. The number of nitrogens with one attached hydrogen (secondary N) is 1. The summed E-state index contributed by atoms with van der Waals surface area (Å²) in [7, 11) is 0. The minimum absolute atomic E-state index is 0.113. The van der Waals surface area contributed by atoms with Crippen molar-refractivity contribution in [2.75, 3.05) is 6.54 Å². The van der Waals surface area contributed by atoms with E-state index in [1.807, 2.05) is 19.2 Å². The van der Waals surface area contributed by atoms with Crippen LogP contribution in [0.15, 0.2) is 23.1 Å². The fourth-order valence-electron chi connectivity index (χ4n) is 2.07. The van der Waals surface area contributed by atoms with Crippen molar-refractivity contribution in [2.45, 2.75) is 38.8 Å². The van der Waals surface area contributed by atoms with Crippen LogP contribution in [0.2, 0.25) is 0 Å². The average Bonchev–Trinajstić information content (AvgIpc) is 2.24. The quantitative estimate of drug-likeness (QED) is 0.791. The van der Waals surface area contributed by atoms with Crippen molar-refractivity contribution < 1.29 is 0 Å². The van der Waals surface area contributed by atoms with Gasteiger partial charge in [0.25, 0.3) is 5.56 Å². The fourth-order valence-corrected chi connectivity index (χ4v) is 2.07. The molecule has 0 saturated carbocycles. The molecule has 1 saturated heterocycles. The lowest BCUT2D eigenvalue weighted by Crippen LogP contribution is -2.39. The predicted molar refractivity (Wildman–Crippen MR) is 61.1 cm³/mol. The third-order valence-corrected chi connectivity index (χ3v) is 2.98. The molecule has 3 nitrogen and oxygen atoms in total. The van der Waals surface area contributed by atoms with Crippen LogP contribution in [0.4, 0.5) is 0 Å². The Hall–Kier alpha value is -1.09. The van der Waals surface area contributed by atoms with E-state index in [1.54, 1.807) is 10.6 Å². The molecule has 3 heteroatoms. The summed E-state index contributed by atoms with van der Waals surface area (Å²) < 4.78 is 1.80. The molecular formula is C12H18N2O. The van der Waals surface area contributed by atoms with E-state index in [4.69, 9.17) is 0 Å². The predicted octanol–water partition coefficient (Wildman–Crippen LogP) is 1.30. The summed E-state index contributed by atoms with van der Waals surface area (Å²) in [6, 6.07) is 4.16. The lowest BCUT2D eigenvalue weighted by atomic mass is 10.1. The highest BCUT2D eigenvalue weighted by molar-refractivity contribution is 5.08. The van der Waals surface area contributed by atoms with Gasteiger partial charge in [0.05, 0.1) is 0 Å². The number of rotatable bonds is 2. The Morgan fingerprint density at radius 2 is 2.40 bits per heavy atom. The number of pyridine rings is 1. The van der Waals surface area contributed by atoms with E-state index < -0.39 is 0 Å². The van der Waals surface area contributed by atoms with E-state index in [2.05, 4.69) is 5.32 Å². The molecular weight excluding hydrogens is 188 g/mol. The second-order valence-corrected chi connectivity index (χ2v) is 4.34. The fraction of sp³-hybridized carbons (Fsp3) is 0.583. The second kappa shape index (κ2) is 4.62.